The molecule has 5 nitrogen and oxygen atoms in total. The predicted octanol–water partition coefficient (Wildman–Crippen LogP) is 2.20. The summed E-state index contributed by atoms with van der Waals surface area (Å²) in [4.78, 5) is 30.9. The van der Waals surface area contributed by atoms with Gasteiger partial charge in [-0.25, -0.2) is 0 Å². The average Bonchev–Trinajstić information content (AvgIpc) is 2.56. The van der Waals surface area contributed by atoms with Gasteiger partial charge in [-0.1, -0.05) is 17.7 Å². The standard InChI is InChI=1S/C18H17N3O2/c1-12-5-6-15-14(10-12)11-13(17(22)21-15)7-9-20-18(23)16-4-2-3-8-19-16/h2-6,8,10-11H,7,9H2,1H3,(H,20,23)(H,21,22). The smallest absolute Gasteiger partial charge is 0.269 e. The van der Waals surface area contributed by atoms with Crippen LogP contribution in [0.5, 0.6) is 0 Å². The van der Waals surface area contributed by atoms with Gasteiger partial charge in [0.05, 0.1) is 0 Å². The Kier molecular flexibility index (Phi) is 4.19. The van der Waals surface area contributed by atoms with Crippen LogP contribution in [0.4, 0.5) is 0 Å². The number of aromatic nitrogens is 2. The van der Waals surface area contributed by atoms with Crippen molar-refractivity contribution in [2.75, 3.05) is 6.54 Å². The molecule has 0 saturated heterocycles. The van der Waals surface area contributed by atoms with E-state index < -0.39 is 0 Å². The van der Waals surface area contributed by atoms with Crippen molar-refractivity contribution in [2.45, 2.75) is 13.3 Å². The number of nitrogens with one attached hydrogen (secondary N) is 2. The summed E-state index contributed by atoms with van der Waals surface area (Å²) in [6.07, 6.45) is 2.04. The van der Waals surface area contributed by atoms with Gasteiger partial charge in [0.25, 0.3) is 11.5 Å². The summed E-state index contributed by atoms with van der Waals surface area (Å²) in [6.45, 7) is 2.40. The average molecular weight is 307 g/mol. The number of carbonyl (C=O) groups is 1. The highest BCUT2D eigenvalue weighted by molar-refractivity contribution is 5.92. The molecular formula is C18H17N3O2. The first-order chi connectivity index (χ1) is 11.1. The molecule has 2 aromatic heterocycles. The van der Waals surface area contributed by atoms with E-state index in [1.807, 2.05) is 31.2 Å². The van der Waals surface area contributed by atoms with E-state index in [2.05, 4.69) is 15.3 Å². The number of benzene rings is 1. The number of carbonyl (C=O) groups excluding carboxylic acids is 1. The number of rotatable bonds is 4. The van der Waals surface area contributed by atoms with Crippen molar-refractivity contribution in [1.82, 2.24) is 15.3 Å². The number of aryl methyl sites for hydroxylation is 1. The molecule has 2 heterocycles. The molecule has 0 atom stereocenters. The van der Waals surface area contributed by atoms with Crippen LogP contribution in [0.3, 0.4) is 0 Å². The molecule has 0 bridgehead atoms. The van der Waals surface area contributed by atoms with E-state index in [0.29, 0.717) is 24.2 Å². The number of hydrogen-bond acceptors (Lipinski definition) is 3. The van der Waals surface area contributed by atoms with Crippen LogP contribution in [0.25, 0.3) is 10.9 Å². The zero-order valence-corrected chi connectivity index (χ0v) is 12.8. The molecule has 2 N–H and O–H groups in total. The second-order valence-corrected chi connectivity index (χ2v) is 5.44. The molecule has 0 aliphatic carbocycles. The maximum absolute atomic E-state index is 12.1. The Morgan fingerprint density at radius 3 is 2.87 bits per heavy atom. The Hall–Kier alpha value is -2.95. The van der Waals surface area contributed by atoms with Crippen molar-refractivity contribution in [1.29, 1.82) is 0 Å². The van der Waals surface area contributed by atoms with Gasteiger partial charge in [0.2, 0.25) is 0 Å². The molecule has 3 rings (SSSR count). The molecular weight excluding hydrogens is 290 g/mol. The van der Waals surface area contributed by atoms with Gasteiger partial charge in [-0.05, 0) is 49.1 Å². The van der Waals surface area contributed by atoms with Crippen molar-refractivity contribution >= 4 is 16.8 Å². The molecule has 3 aromatic rings. The van der Waals surface area contributed by atoms with Crippen LogP contribution in [0.2, 0.25) is 0 Å². The second kappa shape index (κ2) is 6.44. The first kappa shape index (κ1) is 15.0. The maximum atomic E-state index is 12.1. The number of H-pyrrole nitrogens is 1. The van der Waals surface area contributed by atoms with Gasteiger partial charge in [-0.15, -0.1) is 0 Å². The molecule has 0 unspecified atom stereocenters. The molecule has 1 aromatic carbocycles. The van der Waals surface area contributed by atoms with Crippen molar-refractivity contribution < 1.29 is 4.79 Å². The first-order valence-electron chi connectivity index (χ1n) is 7.45. The highest BCUT2D eigenvalue weighted by Crippen LogP contribution is 2.13. The van der Waals surface area contributed by atoms with E-state index in [1.54, 1.807) is 24.4 Å². The second-order valence-electron chi connectivity index (χ2n) is 5.44. The largest absolute Gasteiger partial charge is 0.350 e. The zero-order valence-electron chi connectivity index (χ0n) is 12.8. The van der Waals surface area contributed by atoms with Gasteiger partial charge in [0, 0.05) is 23.8 Å². The van der Waals surface area contributed by atoms with E-state index in [4.69, 9.17) is 0 Å². The van der Waals surface area contributed by atoms with Crippen molar-refractivity contribution in [3.8, 4) is 0 Å². The lowest BCUT2D eigenvalue weighted by atomic mass is 10.1. The molecule has 116 valence electrons. The summed E-state index contributed by atoms with van der Waals surface area (Å²) < 4.78 is 0. The molecule has 1 amide bonds. The van der Waals surface area contributed by atoms with E-state index >= 15 is 0 Å². The molecule has 0 spiro atoms. The lowest BCUT2D eigenvalue weighted by Crippen LogP contribution is -2.28. The summed E-state index contributed by atoms with van der Waals surface area (Å²) in [5.74, 6) is -0.237. The third-order valence-electron chi connectivity index (χ3n) is 3.65. The fourth-order valence-corrected chi connectivity index (χ4v) is 2.46. The number of amides is 1. The third-order valence-corrected chi connectivity index (χ3v) is 3.65. The summed E-state index contributed by atoms with van der Waals surface area (Å²) in [6, 6.07) is 13.0. The number of nitrogens with zero attached hydrogens (tertiary/aromatic N) is 1. The minimum absolute atomic E-state index is 0.117. The fourth-order valence-electron chi connectivity index (χ4n) is 2.46. The van der Waals surface area contributed by atoms with E-state index in [1.165, 1.54) is 0 Å². The van der Waals surface area contributed by atoms with Crippen LogP contribution < -0.4 is 10.9 Å². The highest BCUT2D eigenvalue weighted by Gasteiger charge is 2.07. The topological polar surface area (TPSA) is 74.8 Å². The molecule has 0 fully saturated rings. The van der Waals surface area contributed by atoms with Gasteiger partial charge < -0.3 is 10.3 Å². The minimum Gasteiger partial charge on any atom is -0.350 e. The Morgan fingerprint density at radius 1 is 1.22 bits per heavy atom. The molecule has 0 radical (unpaired) electrons. The van der Waals surface area contributed by atoms with Crippen molar-refractivity contribution in [2.24, 2.45) is 0 Å². The predicted molar refractivity (Wildman–Crippen MR) is 89.6 cm³/mol. The van der Waals surface area contributed by atoms with E-state index in [0.717, 1.165) is 16.5 Å². The first-order valence-corrected chi connectivity index (χ1v) is 7.45. The van der Waals surface area contributed by atoms with Gasteiger partial charge in [0.15, 0.2) is 0 Å². The number of aromatic amines is 1. The SMILES string of the molecule is Cc1ccc2[nH]c(=O)c(CCNC(=O)c3ccccn3)cc2c1. The normalized spacial score (nSPS) is 10.7. The molecule has 0 aliphatic heterocycles. The van der Waals surface area contributed by atoms with Crippen LogP contribution in [-0.2, 0) is 6.42 Å². The molecule has 0 aliphatic rings. The molecule has 5 heteroatoms. The van der Waals surface area contributed by atoms with Crippen molar-refractivity contribution in [3.63, 3.8) is 0 Å². The van der Waals surface area contributed by atoms with Crippen LogP contribution in [0.1, 0.15) is 21.6 Å². The summed E-state index contributed by atoms with van der Waals surface area (Å²) in [5.41, 5.74) is 2.87. The zero-order chi connectivity index (χ0) is 16.2. The minimum atomic E-state index is -0.237. The quantitative estimate of drug-likeness (QED) is 0.776. The van der Waals surface area contributed by atoms with E-state index in [9.17, 15) is 9.59 Å². The highest BCUT2D eigenvalue weighted by atomic mass is 16.2. The maximum Gasteiger partial charge on any atom is 0.269 e. The summed E-state index contributed by atoms with van der Waals surface area (Å²) in [7, 11) is 0. The Morgan fingerprint density at radius 2 is 2.09 bits per heavy atom. The van der Waals surface area contributed by atoms with Crippen molar-refractivity contribution in [3.05, 3.63) is 75.8 Å². The summed E-state index contributed by atoms with van der Waals surface area (Å²) >= 11 is 0. The Balaban J connectivity index is 1.71. The Bertz CT molecular complexity index is 901. The van der Waals surface area contributed by atoms with Gasteiger partial charge >= 0.3 is 0 Å². The number of hydrogen-bond donors (Lipinski definition) is 2. The lowest BCUT2D eigenvalue weighted by Gasteiger charge is -2.06. The molecule has 0 saturated carbocycles. The van der Waals surface area contributed by atoms with E-state index in [-0.39, 0.29) is 11.5 Å². The fraction of sp³-hybridized carbons (Fsp3) is 0.167. The number of pyridine rings is 2. The van der Waals surface area contributed by atoms with Gasteiger partial charge in [0.1, 0.15) is 5.69 Å². The number of fused-ring (bicyclic) bond motifs is 1. The summed E-state index contributed by atoms with van der Waals surface area (Å²) in [5, 5.41) is 3.78. The Labute approximate surface area is 133 Å². The van der Waals surface area contributed by atoms with Gasteiger partial charge in [-0.3, -0.25) is 14.6 Å². The third kappa shape index (κ3) is 3.45. The molecule has 23 heavy (non-hydrogen) atoms. The van der Waals surface area contributed by atoms with Crippen LogP contribution in [0.15, 0.2) is 53.5 Å². The monoisotopic (exact) mass is 307 g/mol. The van der Waals surface area contributed by atoms with Gasteiger partial charge in [-0.2, -0.15) is 0 Å². The van der Waals surface area contributed by atoms with Crippen LogP contribution in [-0.4, -0.2) is 22.4 Å². The lowest BCUT2D eigenvalue weighted by molar-refractivity contribution is 0.0949. The van der Waals surface area contributed by atoms with Crippen LogP contribution >= 0.6 is 0 Å². The van der Waals surface area contributed by atoms with Crippen LogP contribution in [0, 0.1) is 6.92 Å².